The fourth-order valence-corrected chi connectivity index (χ4v) is 2.85. The Labute approximate surface area is 134 Å². The van der Waals surface area contributed by atoms with Crippen LogP contribution in [0.2, 0.25) is 5.02 Å². The van der Waals surface area contributed by atoms with Crippen LogP contribution in [0.3, 0.4) is 0 Å². The molecule has 0 aliphatic carbocycles. The van der Waals surface area contributed by atoms with E-state index in [1.807, 2.05) is 0 Å². The average molecular weight is 379 g/mol. The monoisotopic (exact) mass is 377 g/mol. The lowest BCUT2D eigenvalue weighted by Gasteiger charge is -2.21. The van der Waals surface area contributed by atoms with Gasteiger partial charge in [-0.15, -0.1) is 0 Å². The van der Waals surface area contributed by atoms with E-state index in [-0.39, 0.29) is 0 Å². The third kappa shape index (κ3) is 3.59. The molecule has 0 fully saturated rings. The molecule has 6 heteroatoms. The van der Waals surface area contributed by atoms with Gasteiger partial charge in [0.2, 0.25) is 0 Å². The molecule has 21 heavy (non-hydrogen) atoms. The first kappa shape index (κ1) is 16.3. The first-order chi connectivity index (χ1) is 9.84. The highest BCUT2D eigenvalue weighted by molar-refractivity contribution is 9.10. The van der Waals surface area contributed by atoms with Crippen molar-refractivity contribution in [2.45, 2.75) is 12.2 Å². The van der Waals surface area contributed by atoms with Crippen LogP contribution in [-0.2, 0) is 6.18 Å². The van der Waals surface area contributed by atoms with Gasteiger partial charge in [-0.2, -0.15) is 13.2 Å². The number of alkyl halides is 3. The molecule has 2 aromatic rings. The van der Waals surface area contributed by atoms with Gasteiger partial charge in [-0.05, 0) is 42.4 Å². The summed E-state index contributed by atoms with van der Waals surface area (Å²) < 4.78 is 39.3. The first-order valence-corrected chi connectivity index (χ1v) is 7.30. The summed E-state index contributed by atoms with van der Waals surface area (Å²) in [6.07, 6.45) is -4.38. The Hall–Kier alpha value is -1.04. The van der Waals surface area contributed by atoms with E-state index < -0.39 is 17.8 Å². The molecule has 2 rings (SSSR count). The summed E-state index contributed by atoms with van der Waals surface area (Å²) in [6.45, 7) is 0. The van der Waals surface area contributed by atoms with Crippen molar-refractivity contribution in [3.63, 3.8) is 0 Å². The zero-order chi connectivity index (χ0) is 15.6. The van der Waals surface area contributed by atoms with Crippen LogP contribution in [0, 0.1) is 0 Å². The molecule has 0 spiro atoms. The second kappa shape index (κ2) is 6.38. The van der Waals surface area contributed by atoms with E-state index in [4.69, 9.17) is 11.6 Å². The van der Waals surface area contributed by atoms with Crippen LogP contribution in [0.15, 0.2) is 46.9 Å². The topological polar surface area (TPSA) is 12.0 Å². The van der Waals surface area contributed by atoms with Crippen LogP contribution in [0.25, 0.3) is 0 Å². The van der Waals surface area contributed by atoms with Crippen molar-refractivity contribution in [1.82, 2.24) is 5.32 Å². The smallest absolute Gasteiger partial charge is 0.309 e. The van der Waals surface area contributed by atoms with E-state index in [2.05, 4.69) is 21.2 Å². The van der Waals surface area contributed by atoms with Crippen molar-refractivity contribution in [3.8, 4) is 0 Å². The first-order valence-electron chi connectivity index (χ1n) is 6.13. The van der Waals surface area contributed by atoms with Crippen LogP contribution < -0.4 is 5.32 Å². The second-order valence-corrected chi connectivity index (χ2v) is 5.74. The number of rotatable bonds is 3. The fraction of sp³-hybridized carbons (Fsp3) is 0.200. The van der Waals surface area contributed by atoms with E-state index in [9.17, 15) is 13.2 Å². The second-order valence-electron chi connectivity index (χ2n) is 4.48. The van der Waals surface area contributed by atoms with Gasteiger partial charge in [0.15, 0.2) is 0 Å². The summed E-state index contributed by atoms with van der Waals surface area (Å²) in [5, 5.41) is 3.51. The zero-order valence-electron chi connectivity index (χ0n) is 11.0. The average Bonchev–Trinajstić information content (AvgIpc) is 2.42. The predicted octanol–water partition coefficient (Wildman–Crippen LogP) is 5.43. The van der Waals surface area contributed by atoms with Gasteiger partial charge >= 0.3 is 6.18 Å². The third-order valence-corrected chi connectivity index (χ3v) is 4.21. The largest absolute Gasteiger partial charge is 0.416 e. The van der Waals surface area contributed by atoms with Crippen molar-refractivity contribution in [2.24, 2.45) is 0 Å². The Morgan fingerprint density at radius 2 is 1.76 bits per heavy atom. The SMILES string of the molecule is CNC(c1ccccc1Cl)c1cc(C(F)(F)F)ccc1Br. The quantitative estimate of drug-likeness (QED) is 0.751. The number of halogens is 5. The summed E-state index contributed by atoms with van der Waals surface area (Å²) >= 11 is 9.46. The molecular weight excluding hydrogens is 367 g/mol. The van der Waals surface area contributed by atoms with Crippen molar-refractivity contribution < 1.29 is 13.2 Å². The van der Waals surface area contributed by atoms with Crippen LogP contribution in [-0.4, -0.2) is 7.05 Å². The van der Waals surface area contributed by atoms with E-state index in [0.29, 0.717) is 15.1 Å². The van der Waals surface area contributed by atoms with Crippen molar-refractivity contribution in [2.75, 3.05) is 7.05 Å². The lowest BCUT2D eigenvalue weighted by Crippen LogP contribution is -2.19. The van der Waals surface area contributed by atoms with Gasteiger partial charge < -0.3 is 5.32 Å². The highest BCUT2D eigenvalue weighted by Crippen LogP contribution is 2.37. The number of nitrogens with one attached hydrogen (secondary N) is 1. The molecular formula is C15H12BrClF3N. The Morgan fingerprint density at radius 3 is 2.33 bits per heavy atom. The van der Waals surface area contributed by atoms with E-state index in [1.165, 1.54) is 6.07 Å². The van der Waals surface area contributed by atoms with Gasteiger partial charge in [0, 0.05) is 9.50 Å². The van der Waals surface area contributed by atoms with Crippen LogP contribution in [0.5, 0.6) is 0 Å². The number of benzene rings is 2. The van der Waals surface area contributed by atoms with E-state index >= 15 is 0 Å². The maximum absolute atomic E-state index is 12.9. The van der Waals surface area contributed by atoms with Crippen molar-refractivity contribution in [1.29, 1.82) is 0 Å². The van der Waals surface area contributed by atoms with Gasteiger partial charge in [0.25, 0.3) is 0 Å². The Bertz CT molecular complexity index is 643. The van der Waals surface area contributed by atoms with Crippen LogP contribution in [0.4, 0.5) is 13.2 Å². The van der Waals surface area contributed by atoms with E-state index in [0.717, 1.165) is 17.7 Å². The maximum atomic E-state index is 12.9. The summed E-state index contributed by atoms with van der Waals surface area (Å²) in [5.74, 6) is 0. The number of hydrogen-bond acceptors (Lipinski definition) is 1. The molecule has 1 unspecified atom stereocenters. The summed E-state index contributed by atoms with van der Waals surface area (Å²) in [5.41, 5.74) is 0.523. The normalized spacial score (nSPS) is 13.2. The minimum atomic E-state index is -4.38. The molecule has 0 heterocycles. The summed E-state index contributed by atoms with van der Waals surface area (Å²) in [7, 11) is 1.68. The highest BCUT2D eigenvalue weighted by Gasteiger charge is 2.32. The van der Waals surface area contributed by atoms with Gasteiger partial charge in [-0.1, -0.05) is 45.7 Å². The molecule has 2 aromatic carbocycles. The molecule has 0 aromatic heterocycles. The Balaban J connectivity index is 2.55. The Kier molecular flexibility index (Phi) is 4.96. The van der Waals surface area contributed by atoms with Crippen LogP contribution >= 0.6 is 27.5 Å². The molecule has 1 nitrogen and oxygen atoms in total. The molecule has 1 N–H and O–H groups in total. The molecule has 0 bridgehead atoms. The summed E-state index contributed by atoms with van der Waals surface area (Å²) in [4.78, 5) is 0. The lowest BCUT2D eigenvalue weighted by atomic mass is 9.97. The van der Waals surface area contributed by atoms with Crippen LogP contribution in [0.1, 0.15) is 22.7 Å². The van der Waals surface area contributed by atoms with Crippen molar-refractivity contribution in [3.05, 3.63) is 68.7 Å². The molecule has 1 atom stereocenters. The van der Waals surface area contributed by atoms with Gasteiger partial charge in [-0.3, -0.25) is 0 Å². The van der Waals surface area contributed by atoms with Crippen molar-refractivity contribution >= 4 is 27.5 Å². The number of hydrogen-bond donors (Lipinski definition) is 1. The molecule has 0 amide bonds. The summed E-state index contributed by atoms with van der Waals surface area (Å²) in [6, 6.07) is 10.2. The minimum absolute atomic E-state index is 0.435. The maximum Gasteiger partial charge on any atom is 0.416 e. The van der Waals surface area contributed by atoms with Gasteiger partial charge in [0.05, 0.1) is 11.6 Å². The van der Waals surface area contributed by atoms with Gasteiger partial charge in [0.1, 0.15) is 0 Å². The lowest BCUT2D eigenvalue weighted by molar-refractivity contribution is -0.137. The predicted molar refractivity (Wildman–Crippen MR) is 81.5 cm³/mol. The fourth-order valence-electron chi connectivity index (χ4n) is 2.13. The zero-order valence-corrected chi connectivity index (χ0v) is 13.4. The molecule has 0 aliphatic heterocycles. The molecule has 0 saturated carbocycles. The molecule has 0 aliphatic rings. The minimum Gasteiger partial charge on any atom is -0.309 e. The van der Waals surface area contributed by atoms with E-state index in [1.54, 1.807) is 31.3 Å². The molecule has 0 radical (unpaired) electrons. The highest BCUT2D eigenvalue weighted by atomic mass is 79.9. The molecule has 0 saturated heterocycles. The standard InChI is InChI=1S/C15H12BrClF3N/c1-21-14(10-4-2-3-5-13(10)17)11-8-9(15(18,19)20)6-7-12(11)16/h2-8,14,21H,1H3. The van der Waals surface area contributed by atoms with Gasteiger partial charge in [-0.25, -0.2) is 0 Å². The Morgan fingerprint density at radius 1 is 1.10 bits per heavy atom. The molecule has 112 valence electrons. The third-order valence-electron chi connectivity index (χ3n) is 3.14.